The Bertz CT molecular complexity index is 669. The third-order valence-corrected chi connectivity index (χ3v) is 3.44. The van der Waals surface area contributed by atoms with Gasteiger partial charge in [-0.2, -0.15) is 0 Å². The molecule has 0 aliphatic rings. The van der Waals surface area contributed by atoms with Crippen molar-refractivity contribution in [2.45, 2.75) is 20.3 Å². The summed E-state index contributed by atoms with van der Waals surface area (Å²) in [6, 6.07) is 12.9. The Morgan fingerprint density at radius 1 is 1.13 bits per heavy atom. The molecule has 0 radical (unpaired) electrons. The number of hydrogen-bond donors (Lipinski definition) is 2. The molecule has 2 rings (SSSR count). The van der Waals surface area contributed by atoms with Crippen LogP contribution in [0.4, 0.5) is 17.1 Å². The van der Waals surface area contributed by atoms with Crippen molar-refractivity contribution in [3.05, 3.63) is 47.5 Å². The van der Waals surface area contributed by atoms with E-state index in [-0.39, 0.29) is 5.91 Å². The smallest absolute Gasteiger partial charge is 0.224 e. The van der Waals surface area contributed by atoms with Crippen molar-refractivity contribution in [2.24, 2.45) is 5.92 Å². The first-order valence-corrected chi connectivity index (χ1v) is 7.86. The maximum absolute atomic E-state index is 11.8. The summed E-state index contributed by atoms with van der Waals surface area (Å²) in [4.78, 5) is 11.8. The van der Waals surface area contributed by atoms with E-state index in [2.05, 4.69) is 10.6 Å². The maximum atomic E-state index is 11.8. The normalized spacial score (nSPS) is 10.5. The zero-order valence-electron chi connectivity index (χ0n) is 13.5. The molecule has 0 bridgehead atoms. The molecule has 23 heavy (non-hydrogen) atoms. The Morgan fingerprint density at radius 2 is 1.78 bits per heavy atom. The van der Waals surface area contributed by atoms with Crippen molar-refractivity contribution in [3.63, 3.8) is 0 Å². The molecule has 0 saturated heterocycles. The number of carbonyl (C=O) groups excluding carboxylic acids is 1. The Morgan fingerprint density at radius 3 is 2.39 bits per heavy atom. The largest absolute Gasteiger partial charge is 0.495 e. The highest BCUT2D eigenvalue weighted by molar-refractivity contribution is 6.31. The van der Waals surface area contributed by atoms with E-state index in [0.29, 0.717) is 23.1 Å². The van der Waals surface area contributed by atoms with Crippen LogP contribution in [0.25, 0.3) is 0 Å². The molecule has 2 aromatic rings. The molecular formula is C18H21ClN2O2. The summed E-state index contributed by atoms with van der Waals surface area (Å²) in [5.74, 6) is 1.08. The van der Waals surface area contributed by atoms with Gasteiger partial charge >= 0.3 is 0 Å². The van der Waals surface area contributed by atoms with Gasteiger partial charge < -0.3 is 15.4 Å². The van der Waals surface area contributed by atoms with Gasteiger partial charge in [0.2, 0.25) is 5.91 Å². The number of anilines is 3. The molecule has 0 aliphatic carbocycles. The predicted octanol–water partition coefficient (Wildman–Crippen LogP) is 5.08. The van der Waals surface area contributed by atoms with E-state index in [1.165, 1.54) is 0 Å². The van der Waals surface area contributed by atoms with E-state index in [1.54, 1.807) is 19.2 Å². The molecule has 0 unspecified atom stereocenters. The number of hydrogen-bond acceptors (Lipinski definition) is 3. The predicted molar refractivity (Wildman–Crippen MR) is 95.8 cm³/mol. The van der Waals surface area contributed by atoms with Crippen LogP contribution in [0.1, 0.15) is 20.3 Å². The molecule has 5 heteroatoms. The van der Waals surface area contributed by atoms with Gasteiger partial charge in [0.05, 0.1) is 12.8 Å². The van der Waals surface area contributed by atoms with E-state index >= 15 is 0 Å². The second-order valence-electron chi connectivity index (χ2n) is 5.69. The van der Waals surface area contributed by atoms with Gasteiger partial charge in [-0.15, -0.1) is 0 Å². The molecule has 2 aromatic carbocycles. The quantitative estimate of drug-likeness (QED) is 0.775. The summed E-state index contributed by atoms with van der Waals surface area (Å²) in [5, 5.41) is 6.77. The number of carbonyl (C=O) groups is 1. The van der Waals surface area contributed by atoms with Gasteiger partial charge in [-0.1, -0.05) is 25.4 Å². The molecule has 0 aliphatic heterocycles. The van der Waals surface area contributed by atoms with Crippen LogP contribution in [-0.4, -0.2) is 13.0 Å². The Kier molecular flexibility index (Phi) is 5.88. The lowest BCUT2D eigenvalue weighted by Crippen LogP contribution is -2.13. The fourth-order valence-electron chi connectivity index (χ4n) is 2.15. The minimum absolute atomic E-state index is 0.0252. The van der Waals surface area contributed by atoms with Crippen LogP contribution in [0.5, 0.6) is 5.75 Å². The first kappa shape index (κ1) is 17.2. The van der Waals surface area contributed by atoms with E-state index in [9.17, 15) is 4.79 Å². The minimum Gasteiger partial charge on any atom is -0.495 e. The molecule has 2 N–H and O–H groups in total. The van der Waals surface area contributed by atoms with Crippen LogP contribution in [0.15, 0.2) is 42.5 Å². The number of amides is 1. The number of nitrogens with one attached hydrogen (secondary N) is 2. The first-order chi connectivity index (χ1) is 11.0. The highest BCUT2D eigenvalue weighted by Gasteiger charge is 2.07. The Balaban J connectivity index is 2.06. The highest BCUT2D eigenvalue weighted by atomic mass is 35.5. The van der Waals surface area contributed by atoms with E-state index < -0.39 is 0 Å². The van der Waals surface area contributed by atoms with Crippen molar-refractivity contribution in [3.8, 4) is 5.75 Å². The SMILES string of the molecule is COc1ccc(Cl)cc1Nc1ccc(NC(=O)CC(C)C)cc1. The van der Waals surface area contributed by atoms with Crippen LogP contribution >= 0.6 is 11.6 Å². The van der Waals surface area contributed by atoms with Gasteiger partial charge in [0.15, 0.2) is 0 Å². The number of rotatable bonds is 6. The van der Waals surface area contributed by atoms with E-state index in [0.717, 1.165) is 17.1 Å². The summed E-state index contributed by atoms with van der Waals surface area (Å²) in [6.45, 7) is 4.04. The standard InChI is InChI=1S/C18H21ClN2O2/c1-12(2)10-18(22)21-15-7-5-14(6-8-15)20-16-11-13(19)4-9-17(16)23-3/h4-9,11-12,20H,10H2,1-3H3,(H,21,22). The summed E-state index contributed by atoms with van der Waals surface area (Å²) in [5.41, 5.74) is 2.45. The zero-order chi connectivity index (χ0) is 16.8. The summed E-state index contributed by atoms with van der Waals surface area (Å²) < 4.78 is 5.31. The lowest BCUT2D eigenvalue weighted by atomic mass is 10.1. The Hall–Kier alpha value is -2.20. The van der Waals surface area contributed by atoms with Crippen molar-refractivity contribution in [1.82, 2.24) is 0 Å². The second-order valence-corrected chi connectivity index (χ2v) is 6.13. The maximum Gasteiger partial charge on any atom is 0.224 e. The fraction of sp³-hybridized carbons (Fsp3) is 0.278. The monoisotopic (exact) mass is 332 g/mol. The van der Waals surface area contributed by atoms with Gasteiger partial charge in [-0.05, 0) is 48.4 Å². The minimum atomic E-state index is 0.0252. The number of methoxy groups -OCH3 is 1. The van der Waals surface area contributed by atoms with E-state index in [4.69, 9.17) is 16.3 Å². The molecule has 0 spiro atoms. The topological polar surface area (TPSA) is 50.4 Å². The highest BCUT2D eigenvalue weighted by Crippen LogP contribution is 2.30. The molecule has 0 atom stereocenters. The average Bonchev–Trinajstić information content (AvgIpc) is 2.48. The van der Waals surface area contributed by atoms with Gasteiger partial charge in [0.25, 0.3) is 0 Å². The molecule has 0 saturated carbocycles. The van der Waals surface area contributed by atoms with Crippen molar-refractivity contribution < 1.29 is 9.53 Å². The molecule has 0 heterocycles. The average molecular weight is 333 g/mol. The van der Waals surface area contributed by atoms with Crippen LogP contribution < -0.4 is 15.4 Å². The van der Waals surface area contributed by atoms with Crippen LogP contribution in [0.2, 0.25) is 5.02 Å². The van der Waals surface area contributed by atoms with Gasteiger partial charge in [-0.3, -0.25) is 4.79 Å². The van der Waals surface area contributed by atoms with Crippen LogP contribution in [0, 0.1) is 5.92 Å². The number of ether oxygens (including phenoxy) is 1. The van der Waals surface area contributed by atoms with Crippen molar-refractivity contribution >= 4 is 34.6 Å². The fourth-order valence-corrected chi connectivity index (χ4v) is 2.33. The van der Waals surface area contributed by atoms with E-state index in [1.807, 2.05) is 44.2 Å². The molecule has 0 fully saturated rings. The lowest BCUT2D eigenvalue weighted by molar-refractivity contribution is -0.116. The van der Waals surface area contributed by atoms with Gasteiger partial charge in [0, 0.05) is 22.8 Å². The molecule has 0 aromatic heterocycles. The summed E-state index contributed by atoms with van der Waals surface area (Å²) >= 11 is 6.02. The summed E-state index contributed by atoms with van der Waals surface area (Å²) in [7, 11) is 1.61. The second kappa shape index (κ2) is 7.88. The van der Waals surface area contributed by atoms with Gasteiger partial charge in [-0.25, -0.2) is 0 Å². The molecular weight excluding hydrogens is 312 g/mol. The molecule has 1 amide bonds. The number of halogens is 1. The third-order valence-electron chi connectivity index (χ3n) is 3.20. The Labute approximate surface area is 141 Å². The summed E-state index contributed by atoms with van der Waals surface area (Å²) in [6.07, 6.45) is 0.514. The van der Waals surface area contributed by atoms with Crippen LogP contribution in [0.3, 0.4) is 0 Å². The molecule has 4 nitrogen and oxygen atoms in total. The van der Waals surface area contributed by atoms with Crippen molar-refractivity contribution in [1.29, 1.82) is 0 Å². The van der Waals surface area contributed by atoms with Gasteiger partial charge in [0.1, 0.15) is 5.75 Å². The third kappa shape index (κ3) is 5.18. The lowest BCUT2D eigenvalue weighted by Gasteiger charge is -2.12. The molecule has 122 valence electrons. The first-order valence-electron chi connectivity index (χ1n) is 7.48. The van der Waals surface area contributed by atoms with Crippen LogP contribution in [-0.2, 0) is 4.79 Å². The van der Waals surface area contributed by atoms with Crippen molar-refractivity contribution in [2.75, 3.05) is 17.7 Å². The zero-order valence-corrected chi connectivity index (χ0v) is 14.3. The number of benzene rings is 2.